The molecule has 2 rings (SSSR count). The molecule has 0 heterocycles. The quantitative estimate of drug-likeness (QED) is 0.513. The van der Waals surface area contributed by atoms with Crippen LogP contribution in [0.25, 0.3) is 6.08 Å². The van der Waals surface area contributed by atoms with Crippen molar-refractivity contribution in [3.8, 4) is 0 Å². The van der Waals surface area contributed by atoms with Gasteiger partial charge in [0.05, 0.1) is 9.82 Å². The van der Waals surface area contributed by atoms with Crippen molar-refractivity contribution in [2.75, 3.05) is 0 Å². The summed E-state index contributed by atoms with van der Waals surface area (Å²) in [4.78, 5) is 21.7. The maximum Gasteiger partial charge on any atom is 0.269 e. The van der Waals surface area contributed by atoms with E-state index < -0.39 is 20.9 Å². The summed E-state index contributed by atoms with van der Waals surface area (Å²) >= 11 is 0. The molecule has 0 bridgehead atoms. The molecule has 0 unspecified atom stereocenters. The lowest BCUT2D eigenvalue weighted by Gasteiger charge is -2.04. The highest BCUT2D eigenvalue weighted by atomic mass is 32.2. The SMILES string of the molecule is O=C(/C=C/c1ccc([N+](=O)[O-])cc1)NS(=O)(=O)c1ccccc1. The predicted molar refractivity (Wildman–Crippen MR) is 83.9 cm³/mol. The molecule has 2 aromatic carbocycles. The minimum Gasteiger partial charge on any atom is -0.269 e. The van der Waals surface area contributed by atoms with Gasteiger partial charge in [0.1, 0.15) is 0 Å². The number of carbonyl (C=O) groups excluding carboxylic acids is 1. The maximum atomic E-state index is 11.9. The summed E-state index contributed by atoms with van der Waals surface area (Å²) in [5.74, 6) is -0.813. The minimum absolute atomic E-state index is 0.0166. The van der Waals surface area contributed by atoms with Crippen LogP contribution in [-0.4, -0.2) is 19.2 Å². The van der Waals surface area contributed by atoms with Crippen LogP contribution < -0.4 is 4.72 Å². The van der Waals surface area contributed by atoms with Crippen molar-refractivity contribution in [3.05, 3.63) is 76.4 Å². The Labute approximate surface area is 132 Å². The Bertz CT molecular complexity index is 843. The molecule has 2 aromatic rings. The van der Waals surface area contributed by atoms with E-state index in [4.69, 9.17) is 0 Å². The summed E-state index contributed by atoms with van der Waals surface area (Å²) in [5.41, 5.74) is 0.459. The number of nitrogens with one attached hydrogen (secondary N) is 1. The van der Waals surface area contributed by atoms with E-state index in [0.717, 1.165) is 6.08 Å². The molecule has 0 fully saturated rings. The molecule has 0 saturated heterocycles. The highest BCUT2D eigenvalue weighted by molar-refractivity contribution is 7.90. The monoisotopic (exact) mass is 332 g/mol. The molecule has 7 nitrogen and oxygen atoms in total. The Balaban J connectivity index is 2.06. The lowest BCUT2D eigenvalue weighted by Crippen LogP contribution is -2.28. The molecule has 8 heteroatoms. The second kappa shape index (κ2) is 6.84. The molecule has 1 amide bonds. The number of nitro benzene ring substituents is 1. The fourth-order valence-electron chi connectivity index (χ4n) is 1.70. The van der Waals surface area contributed by atoms with E-state index in [9.17, 15) is 23.3 Å². The van der Waals surface area contributed by atoms with Gasteiger partial charge in [0, 0.05) is 18.2 Å². The average molecular weight is 332 g/mol. The van der Waals surface area contributed by atoms with Gasteiger partial charge in [-0.05, 0) is 35.9 Å². The number of rotatable bonds is 5. The van der Waals surface area contributed by atoms with E-state index in [-0.39, 0.29) is 10.6 Å². The normalized spacial score (nSPS) is 11.3. The van der Waals surface area contributed by atoms with Gasteiger partial charge in [-0.3, -0.25) is 14.9 Å². The van der Waals surface area contributed by atoms with Crippen molar-refractivity contribution >= 4 is 27.7 Å². The molecule has 0 aliphatic rings. The zero-order valence-electron chi connectivity index (χ0n) is 11.7. The second-order valence-corrected chi connectivity index (χ2v) is 6.15. The third kappa shape index (κ3) is 4.48. The van der Waals surface area contributed by atoms with Crippen LogP contribution in [0.15, 0.2) is 65.6 Å². The number of non-ortho nitro benzene ring substituents is 1. The predicted octanol–water partition coefficient (Wildman–Crippen LogP) is 2.11. The Morgan fingerprint density at radius 3 is 2.22 bits per heavy atom. The van der Waals surface area contributed by atoms with Crippen molar-refractivity contribution in [2.24, 2.45) is 0 Å². The molecular weight excluding hydrogens is 320 g/mol. The summed E-state index contributed by atoms with van der Waals surface area (Å²) < 4.78 is 25.8. The zero-order chi connectivity index (χ0) is 16.9. The largest absolute Gasteiger partial charge is 0.269 e. The van der Waals surface area contributed by atoms with Gasteiger partial charge in [-0.2, -0.15) is 0 Å². The first-order chi connectivity index (χ1) is 10.9. The molecule has 0 aromatic heterocycles. The van der Waals surface area contributed by atoms with E-state index in [1.54, 1.807) is 18.2 Å². The molecule has 118 valence electrons. The molecule has 0 aliphatic carbocycles. The second-order valence-electron chi connectivity index (χ2n) is 4.46. The van der Waals surface area contributed by atoms with Crippen LogP contribution in [0.2, 0.25) is 0 Å². The van der Waals surface area contributed by atoms with E-state index in [2.05, 4.69) is 0 Å². The van der Waals surface area contributed by atoms with Crippen molar-refractivity contribution in [1.29, 1.82) is 0 Å². The Morgan fingerprint density at radius 2 is 1.65 bits per heavy atom. The standard InChI is InChI=1S/C15H12N2O5S/c18-15(16-23(21,22)14-4-2-1-3-5-14)11-8-12-6-9-13(10-7-12)17(19)20/h1-11H,(H,16,18)/b11-8+. The van der Waals surface area contributed by atoms with Gasteiger partial charge >= 0.3 is 0 Å². The summed E-state index contributed by atoms with van der Waals surface area (Å²) in [5, 5.41) is 10.5. The molecule has 1 N–H and O–H groups in total. The summed E-state index contributed by atoms with van der Waals surface area (Å²) in [6, 6.07) is 13.0. The number of benzene rings is 2. The number of carbonyl (C=O) groups is 1. The first-order valence-electron chi connectivity index (χ1n) is 6.43. The highest BCUT2D eigenvalue weighted by Crippen LogP contribution is 2.13. The van der Waals surface area contributed by atoms with Crippen molar-refractivity contribution in [1.82, 2.24) is 4.72 Å². The van der Waals surface area contributed by atoms with Crippen LogP contribution >= 0.6 is 0 Å². The molecule has 0 atom stereocenters. The van der Waals surface area contributed by atoms with Gasteiger partial charge in [-0.15, -0.1) is 0 Å². The topological polar surface area (TPSA) is 106 Å². The first-order valence-corrected chi connectivity index (χ1v) is 7.91. The summed E-state index contributed by atoms with van der Waals surface area (Å²) in [7, 11) is -3.92. The number of nitrogens with zero attached hydrogens (tertiary/aromatic N) is 1. The third-order valence-corrected chi connectivity index (χ3v) is 4.18. The smallest absolute Gasteiger partial charge is 0.269 e. The van der Waals surface area contributed by atoms with E-state index in [1.165, 1.54) is 42.5 Å². The molecule has 23 heavy (non-hydrogen) atoms. The average Bonchev–Trinajstić information content (AvgIpc) is 2.54. The Hall–Kier alpha value is -3.00. The van der Waals surface area contributed by atoms with Crippen LogP contribution in [-0.2, 0) is 14.8 Å². The van der Waals surface area contributed by atoms with Gasteiger partial charge in [0.25, 0.3) is 21.6 Å². The lowest BCUT2D eigenvalue weighted by atomic mass is 10.2. The minimum atomic E-state index is -3.92. The van der Waals surface area contributed by atoms with Crippen molar-refractivity contribution < 1.29 is 18.1 Å². The first kappa shape index (κ1) is 16.4. The van der Waals surface area contributed by atoms with Crippen molar-refractivity contribution in [2.45, 2.75) is 4.90 Å². The fourth-order valence-corrected chi connectivity index (χ4v) is 2.67. The Kier molecular flexibility index (Phi) is 4.87. The van der Waals surface area contributed by atoms with Gasteiger partial charge in [-0.25, -0.2) is 13.1 Å². The maximum absolute atomic E-state index is 11.9. The molecular formula is C15H12N2O5S. The van der Waals surface area contributed by atoms with Gasteiger partial charge in [0.15, 0.2) is 0 Å². The molecule has 0 aliphatic heterocycles. The number of sulfonamides is 1. The van der Waals surface area contributed by atoms with Gasteiger partial charge in [0.2, 0.25) is 0 Å². The zero-order valence-corrected chi connectivity index (χ0v) is 12.6. The number of nitro groups is 1. The van der Waals surface area contributed by atoms with Crippen molar-refractivity contribution in [3.63, 3.8) is 0 Å². The van der Waals surface area contributed by atoms with Crippen LogP contribution in [0.1, 0.15) is 5.56 Å². The lowest BCUT2D eigenvalue weighted by molar-refractivity contribution is -0.384. The number of hydrogen-bond acceptors (Lipinski definition) is 5. The highest BCUT2D eigenvalue weighted by Gasteiger charge is 2.15. The third-order valence-electron chi connectivity index (χ3n) is 2.82. The molecule has 0 spiro atoms. The van der Waals surface area contributed by atoms with Crippen LogP contribution in [0.4, 0.5) is 5.69 Å². The summed E-state index contributed by atoms with van der Waals surface area (Å²) in [6.45, 7) is 0. The number of amides is 1. The summed E-state index contributed by atoms with van der Waals surface area (Å²) in [6.07, 6.45) is 2.40. The van der Waals surface area contributed by atoms with E-state index >= 15 is 0 Å². The molecule has 0 saturated carbocycles. The van der Waals surface area contributed by atoms with Crippen LogP contribution in [0, 0.1) is 10.1 Å². The van der Waals surface area contributed by atoms with Crippen LogP contribution in [0.3, 0.4) is 0 Å². The molecule has 0 radical (unpaired) electrons. The van der Waals surface area contributed by atoms with E-state index in [1.807, 2.05) is 4.72 Å². The van der Waals surface area contributed by atoms with Gasteiger partial charge in [-0.1, -0.05) is 18.2 Å². The van der Waals surface area contributed by atoms with Crippen LogP contribution in [0.5, 0.6) is 0 Å². The number of hydrogen-bond donors (Lipinski definition) is 1. The van der Waals surface area contributed by atoms with Gasteiger partial charge < -0.3 is 0 Å². The Morgan fingerprint density at radius 1 is 1.04 bits per heavy atom. The fraction of sp³-hybridized carbons (Fsp3) is 0. The van der Waals surface area contributed by atoms with E-state index in [0.29, 0.717) is 5.56 Å².